The maximum atomic E-state index is 12.8. The molecule has 0 saturated heterocycles. The molecule has 28 heavy (non-hydrogen) atoms. The van der Waals surface area contributed by atoms with Crippen molar-refractivity contribution < 1.29 is 19.2 Å². The number of ether oxygens (including phenoxy) is 2. The van der Waals surface area contributed by atoms with Crippen LogP contribution in [0.3, 0.4) is 0 Å². The van der Waals surface area contributed by atoms with E-state index in [0.717, 1.165) is 11.3 Å². The number of nitrogens with two attached hydrogens (primary N) is 1. The van der Waals surface area contributed by atoms with E-state index in [1.165, 1.54) is 11.4 Å². The number of carbonyl (C=O) groups is 1. The van der Waals surface area contributed by atoms with E-state index in [2.05, 4.69) is 0 Å². The van der Waals surface area contributed by atoms with Crippen LogP contribution in [-0.4, -0.2) is 17.5 Å². The van der Waals surface area contributed by atoms with Gasteiger partial charge in [-0.2, -0.15) is 5.26 Å². The van der Waals surface area contributed by atoms with E-state index in [9.17, 15) is 20.2 Å². The number of hydrogen-bond donors (Lipinski definition) is 1. The number of carbonyl (C=O) groups excluding carboxylic acids is 1. The molecule has 8 nitrogen and oxygen atoms in total. The Bertz CT molecular complexity index is 1030. The van der Waals surface area contributed by atoms with E-state index < -0.39 is 16.8 Å². The third-order valence-electron chi connectivity index (χ3n) is 4.05. The lowest BCUT2D eigenvalue weighted by Gasteiger charge is -2.27. The summed E-state index contributed by atoms with van der Waals surface area (Å²) in [7, 11) is 0. The average molecular weight is 397 g/mol. The van der Waals surface area contributed by atoms with Crippen LogP contribution in [-0.2, 0) is 14.3 Å². The van der Waals surface area contributed by atoms with Crippen molar-refractivity contribution in [2.75, 3.05) is 6.61 Å². The lowest BCUT2D eigenvalue weighted by molar-refractivity contribution is -0.384. The van der Waals surface area contributed by atoms with Gasteiger partial charge in [-0.15, -0.1) is 11.3 Å². The fourth-order valence-electron chi connectivity index (χ4n) is 2.85. The first-order valence-electron chi connectivity index (χ1n) is 8.25. The first-order valence-corrected chi connectivity index (χ1v) is 9.13. The Kier molecular flexibility index (Phi) is 5.42. The molecular formula is C19H15N3O5S. The van der Waals surface area contributed by atoms with Crippen LogP contribution in [0.4, 0.5) is 5.69 Å². The Morgan fingerprint density at radius 3 is 2.71 bits per heavy atom. The molecule has 0 bridgehead atoms. The first-order chi connectivity index (χ1) is 13.5. The molecule has 0 saturated carbocycles. The number of nitriles is 1. The van der Waals surface area contributed by atoms with Gasteiger partial charge in [0, 0.05) is 16.5 Å². The summed E-state index contributed by atoms with van der Waals surface area (Å²) in [5, 5.41) is 22.1. The molecule has 1 aliphatic rings. The Morgan fingerprint density at radius 2 is 2.14 bits per heavy atom. The molecule has 2 N–H and O–H groups in total. The molecular weight excluding hydrogens is 382 g/mol. The second-order valence-electron chi connectivity index (χ2n) is 5.72. The zero-order valence-electron chi connectivity index (χ0n) is 14.7. The van der Waals surface area contributed by atoms with Gasteiger partial charge in [0.15, 0.2) is 0 Å². The SMILES string of the molecule is CCOC(=O)C1=C(c2ccccc2)OC(N)=C(C#N)[C@@H]1c1cc([N+](=O)[O-])cs1. The second kappa shape index (κ2) is 7.94. The Labute approximate surface area is 164 Å². The highest BCUT2D eigenvalue weighted by Gasteiger charge is 2.39. The fourth-order valence-corrected chi connectivity index (χ4v) is 3.83. The largest absolute Gasteiger partial charge is 0.463 e. The summed E-state index contributed by atoms with van der Waals surface area (Å²) in [6.07, 6.45) is 0. The molecule has 0 aliphatic carbocycles. The molecule has 142 valence electrons. The molecule has 2 aromatic rings. The summed E-state index contributed by atoms with van der Waals surface area (Å²) >= 11 is 1.06. The first kappa shape index (κ1) is 19.1. The quantitative estimate of drug-likeness (QED) is 0.465. The van der Waals surface area contributed by atoms with Crippen LogP contribution < -0.4 is 5.73 Å². The maximum Gasteiger partial charge on any atom is 0.338 e. The highest BCUT2D eigenvalue weighted by Crippen LogP contribution is 2.45. The van der Waals surface area contributed by atoms with Crippen molar-refractivity contribution >= 4 is 28.8 Å². The van der Waals surface area contributed by atoms with Gasteiger partial charge in [-0.1, -0.05) is 30.3 Å². The third-order valence-corrected chi connectivity index (χ3v) is 5.04. The fraction of sp³-hybridized carbons (Fsp3) is 0.158. The van der Waals surface area contributed by atoms with Crippen LogP contribution in [0.1, 0.15) is 23.3 Å². The number of nitrogens with zero attached hydrogens (tertiary/aromatic N) is 2. The van der Waals surface area contributed by atoms with Gasteiger partial charge in [-0.25, -0.2) is 4.79 Å². The lowest BCUT2D eigenvalue weighted by atomic mass is 9.86. The van der Waals surface area contributed by atoms with Gasteiger partial charge >= 0.3 is 5.97 Å². The minimum Gasteiger partial charge on any atom is -0.463 e. The van der Waals surface area contributed by atoms with Crippen LogP contribution in [0.25, 0.3) is 5.76 Å². The molecule has 0 radical (unpaired) electrons. The zero-order chi connectivity index (χ0) is 20.3. The predicted octanol–water partition coefficient (Wildman–Crippen LogP) is 3.44. The number of rotatable bonds is 5. The van der Waals surface area contributed by atoms with Gasteiger partial charge in [0.05, 0.1) is 28.4 Å². The molecule has 9 heteroatoms. The summed E-state index contributed by atoms with van der Waals surface area (Å²) < 4.78 is 10.8. The van der Waals surface area contributed by atoms with E-state index >= 15 is 0 Å². The van der Waals surface area contributed by atoms with Crippen LogP contribution in [0.2, 0.25) is 0 Å². The minimum absolute atomic E-state index is 0.000479. The van der Waals surface area contributed by atoms with Crippen molar-refractivity contribution in [3.63, 3.8) is 0 Å². The van der Waals surface area contributed by atoms with Crippen molar-refractivity contribution in [1.29, 1.82) is 5.26 Å². The van der Waals surface area contributed by atoms with Gasteiger partial charge in [0.2, 0.25) is 5.88 Å². The lowest BCUT2D eigenvalue weighted by Crippen LogP contribution is -2.25. The molecule has 0 spiro atoms. The summed E-state index contributed by atoms with van der Waals surface area (Å²) in [6, 6.07) is 12.1. The van der Waals surface area contributed by atoms with Crippen molar-refractivity contribution in [3.8, 4) is 6.07 Å². The molecule has 2 heterocycles. The van der Waals surface area contributed by atoms with Crippen molar-refractivity contribution in [1.82, 2.24) is 0 Å². The number of hydrogen-bond acceptors (Lipinski definition) is 8. The van der Waals surface area contributed by atoms with Gasteiger partial charge in [0.25, 0.3) is 5.69 Å². The summed E-state index contributed by atoms with van der Waals surface area (Å²) in [6.45, 7) is 1.77. The molecule has 1 atom stereocenters. The Balaban J connectivity index is 2.26. The highest BCUT2D eigenvalue weighted by atomic mass is 32.1. The van der Waals surface area contributed by atoms with Crippen LogP contribution >= 0.6 is 11.3 Å². The monoisotopic (exact) mass is 397 g/mol. The van der Waals surface area contributed by atoms with Crippen LogP contribution in [0.15, 0.2) is 58.8 Å². The zero-order valence-corrected chi connectivity index (χ0v) is 15.6. The maximum absolute atomic E-state index is 12.8. The topological polar surface area (TPSA) is 128 Å². The van der Waals surface area contributed by atoms with E-state index in [1.54, 1.807) is 37.3 Å². The van der Waals surface area contributed by atoms with Crippen molar-refractivity contribution in [2.45, 2.75) is 12.8 Å². The molecule has 0 amide bonds. The number of esters is 1. The van der Waals surface area contributed by atoms with Crippen molar-refractivity contribution in [2.24, 2.45) is 5.73 Å². The van der Waals surface area contributed by atoms with E-state index in [1.807, 2.05) is 6.07 Å². The average Bonchev–Trinajstić information content (AvgIpc) is 3.18. The highest BCUT2D eigenvalue weighted by molar-refractivity contribution is 7.10. The summed E-state index contributed by atoms with van der Waals surface area (Å²) in [5.74, 6) is -1.60. The smallest absolute Gasteiger partial charge is 0.338 e. The Morgan fingerprint density at radius 1 is 1.43 bits per heavy atom. The van der Waals surface area contributed by atoms with E-state index in [4.69, 9.17) is 15.2 Å². The van der Waals surface area contributed by atoms with E-state index in [0.29, 0.717) is 10.4 Å². The molecule has 1 aliphatic heterocycles. The van der Waals surface area contributed by atoms with Gasteiger partial charge in [-0.05, 0) is 6.92 Å². The molecule has 1 aromatic heterocycles. The van der Waals surface area contributed by atoms with Gasteiger partial charge < -0.3 is 15.2 Å². The normalized spacial score (nSPS) is 16.4. The number of thiophene rings is 1. The number of allylic oxidation sites excluding steroid dienone is 1. The molecule has 1 aromatic carbocycles. The third kappa shape index (κ3) is 3.45. The standard InChI is InChI=1S/C19H15N3O5S/c1-2-26-19(23)16-15(14-8-12(10-28-14)22(24)25)13(9-20)18(21)27-17(16)11-6-4-3-5-7-11/h3-8,10,15H,2,21H2,1H3/t15-/m1/s1. The molecule has 0 unspecified atom stereocenters. The Hall–Kier alpha value is -3.64. The minimum atomic E-state index is -0.924. The second-order valence-corrected chi connectivity index (χ2v) is 6.66. The van der Waals surface area contributed by atoms with Crippen molar-refractivity contribution in [3.05, 3.63) is 79.4 Å². The van der Waals surface area contributed by atoms with Crippen LogP contribution in [0.5, 0.6) is 0 Å². The summed E-state index contributed by atoms with van der Waals surface area (Å²) in [4.78, 5) is 23.8. The number of nitro groups is 1. The molecule has 0 fully saturated rings. The van der Waals surface area contributed by atoms with E-state index in [-0.39, 0.29) is 35.1 Å². The predicted molar refractivity (Wildman–Crippen MR) is 102 cm³/mol. The van der Waals surface area contributed by atoms with Gasteiger partial charge in [-0.3, -0.25) is 10.1 Å². The summed E-state index contributed by atoms with van der Waals surface area (Å²) in [5.41, 5.74) is 6.48. The van der Waals surface area contributed by atoms with Crippen LogP contribution in [0, 0.1) is 21.4 Å². The molecule has 3 rings (SSSR count). The van der Waals surface area contributed by atoms with Gasteiger partial charge in [0.1, 0.15) is 17.4 Å². The number of benzene rings is 1.